The first-order valence-corrected chi connectivity index (χ1v) is 18.0. The third-order valence-corrected chi connectivity index (χ3v) is 8.01. The zero-order valence-corrected chi connectivity index (χ0v) is 34.2. The molecule has 0 radical (unpaired) electrons. The second kappa shape index (κ2) is 21.3. The Balaban J connectivity index is 0.000000681. The number of halogens is 2. The van der Waals surface area contributed by atoms with E-state index in [2.05, 4.69) is 159 Å². The summed E-state index contributed by atoms with van der Waals surface area (Å²) in [6.07, 6.45) is 16.5. The van der Waals surface area contributed by atoms with Crippen molar-refractivity contribution in [3.05, 3.63) is 120 Å². The second-order valence-electron chi connectivity index (χ2n) is 14.4. The molecule has 0 aromatic heterocycles. The Bertz CT molecular complexity index is 1380. The van der Waals surface area contributed by atoms with E-state index in [1.807, 2.05) is 12.2 Å². The summed E-state index contributed by atoms with van der Waals surface area (Å²) in [6.45, 7) is 22.5. The van der Waals surface area contributed by atoms with Gasteiger partial charge in [-0.1, -0.05) is 116 Å². The monoisotopic (exact) mass is 734 g/mol. The number of rotatable bonds is 2. The van der Waals surface area contributed by atoms with Crippen LogP contribution in [0.15, 0.2) is 78.9 Å². The summed E-state index contributed by atoms with van der Waals surface area (Å²) >= 11 is 1.30. The van der Waals surface area contributed by atoms with Crippen molar-refractivity contribution in [1.82, 2.24) is 0 Å². The molecule has 46 heavy (non-hydrogen) atoms. The zero-order valence-electron chi connectivity index (χ0n) is 30.1. The summed E-state index contributed by atoms with van der Waals surface area (Å²) in [5, 5.41) is 5.48. The summed E-state index contributed by atoms with van der Waals surface area (Å²) in [5.41, 5.74) is 5.99. The van der Waals surface area contributed by atoms with E-state index in [1.165, 1.54) is 87.3 Å². The average Bonchev–Trinajstić information content (AvgIpc) is 3.64. The summed E-state index contributed by atoms with van der Waals surface area (Å²) in [6, 6.07) is 25.8. The molecule has 4 aromatic rings. The summed E-state index contributed by atoms with van der Waals surface area (Å²) in [5.74, 6) is 1.22. The van der Waals surface area contributed by atoms with Gasteiger partial charge in [-0.05, 0) is 10.8 Å². The van der Waals surface area contributed by atoms with Crippen LogP contribution in [0, 0.1) is 18.6 Å². The van der Waals surface area contributed by atoms with E-state index in [0.29, 0.717) is 11.8 Å². The number of hydrogen-bond donors (Lipinski definition) is 0. The fraction of sp³-hybridized carbons (Fsp3) is 0.419. The van der Waals surface area contributed by atoms with Gasteiger partial charge in [0.25, 0.3) is 0 Å². The Kier molecular flexibility index (Phi) is 20.6. The molecule has 0 heterocycles. The molecule has 0 amide bonds. The molecule has 2 aliphatic carbocycles. The van der Waals surface area contributed by atoms with Gasteiger partial charge in [0.2, 0.25) is 0 Å². The van der Waals surface area contributed by atoms with Crippen LogP contribution in [-0.4, -0.2) is 4.21 Å². The quantitative estimate of drug-likeness (QED) is 0.180. The Morgan fingerprint density at radius 2 is 1.13 bits per heavy atom. The van der Waals surface area contributed by atoms with E-state index >= 15 is 0 Å². The SMILES string of the molecule is CC(C)(C)c1ccc2c(c1)[cH-]c1cc(C(C)(C)C)ccc12.CC(C)c1c[c-]cc(C(C)C)c1.Cl.Cl.[C-]1=CC=CC1.[CH-]1CCC1.[CH2]=[Zr]. The van der Waals surface area contributed by atoms with Crippen LogP contribution in [0.25, 0.3) is 21.5 Å². The fourth-order valence-corrected chi connectivity index (χ4v) is 4.68. The van der Waals surface area contributed by atoms with E-state index < -0.39 is 0 Å². The first-order valence-electron chi connectivity index (χ1n) is 16.3. The molecule has 0 N–H and O–H groups in total. The van der Waals surface area contributed by atoms with E-state index in [1.54, 1.807) is 0 Å². The van der Waals surface area contributed by atoms with Gasteiger partial charge >= 0.3 is 28.4 Å². The van der Waals surface area contributed by atoms with Crippen molar-refractivity contribution < 1.29 is 24.2 Å². The van der Waals surface area contributed by atoms with E-state index in [4.69, 9.17) is 0 Å². The van der Waals surface area contributed by atoms with Crippen LogP contribution in [0.4, 0.5) is 0 Å². The molecular weight excluding hydrogens is 679 g/mol. The minimum atomic E-state index is 0. The van der Waals surface area contributed by atoms with Crippen LogP contribution in [0.2, 0.25) is 0 Å². The maximum absolute atomic E-state index is 3.34. The topological polar surface area (TPSA) is 0 Å². The molecule has 2 aliphatic rings. The standard InChI is InChI=1S/C21H25.C12H17.C5H5.C4H7.CH2.2ClH.Zr/c1-20(2,3)16-7-9-18-14(12-16)11-15-13-17(21(4,5)6)8-10-19(15)18;1-9(2)11-6-5-7-12(8-11)10(3)4;1-2-4-5-3-1;1-2-4-3-1;;;;/h7-13H,1-6H3;6-10H,1-4H3;1-3H,4H2;1H,2-4H2;1H2;2*1H;/q4*-1;;;;. The van der Waals surface area contributed by atoms with E-state index in [9.17, 15) is 0 Å². The zero-order chi connectivity index (χ0) is 32.9. The van der Waals surface area contributed by atoms with Gasteiger partial charge < -0.3 is 6.42 Å². The minimum absolute atomic E-state index is 0. The molecule has 252 valence electrons. The summed E-state index contributed by atoms with van der Waals surface area (Å²) < 4.78 is 3.34. The Morgan fingerprint density at radius 3 is 1.39 bits per heavy atom. The Morgan fingerprint density at radius 1 is 0.717 bits per heavy atom. The van der Waals surface area contributed by atoms with Crippen LogP contribution in [0.1, 0.15) is 129 Å². The van der Waals surface area contributed by atoms with Gasteiger partial charge in [0.15, 0.2) is 0 Å². The van der Waals surface area contributed by atoms with E-state index in [0.717, 1.165) is 6.42 Å². The van der Waals surface area contributed by atoms with Crippen molar-refractivity contribution >= 4 is 50.6 Å². The van der Waals surface area contributed by atoms with E-state index in [-0.39, 0.29) is 35.6 Å². The predicted molar refractivity (Wildman–Crippen MR) is 209 cm³/mol. The molecule has 1 saturated carbocycles. The molecule has 0 aliphatic heterocycles. The molecule has 0 bridgehead atoms. The fourth-order valence-electron chi connectivity index (χ4n) is 4.68. The third-order valence-electron chi connectivity index (χ3n) is 8.01. The molecule has 0 spiro atoms. The van der Waals surface area contributed by atoms with Crippen molar-refractivity contribution in [2.75, 3.05) is 0 Å². The number of benzene rings is 3. The van der Waals surface area contributed by atoms with Gasteiger partial charge in [0, 0.05) is 0 Å². The molecule has 4 aromatic carbocycles. The molecule has 6 rings (SSSR count). The van der Waals surface area contributed by atoms with Crippen molar-refractivity contribution in [1.29, 1.82) is 0 Å². The average molecular weight is 737 g/mol. The number of fused-ring (bicyclic) bond motifs is 3. The first kappa shape index (κ1) is 44.3. The Hall–Kier alpha value is -1.66. The van der Waals surface area contributed by atoms with Crippen LogP contribution in [-0.2, 0) is 35.1 Å². The van der Waals surface area contributed by atoms with Crippen LogP contribution < -0.4 is 0 Å². The molecule has 3 heteroatoms. The third kappa shape index (κ3) is 14.2. The molecule has 0 atom stereocenters. The van der Waals surface area contributed by atoms with Crippen molar-refractivity contribution in [2.24, 2.45) is 0 Å². The van der Waals surface area contributed by atoms with Crippen LogP contribution in [0.3, 0.4) is 0 Å². The molecule has 1 fully saturated rings. The first-order chi connectivity index (χ1) is 20.8. The maximum atomic E-state index is 3.34. The van der Waals surface area contributed by atoms with Crippen LogP contribution in [0.5, 0.6) is 0 Å². The normalized spacial score (nSPS) is 13.0. The summed E-state index contributed by atoms with van der Waals surface area (Å²) in [4.78, 5) is 0. The van der Waals surface area contributed by atoms with Gasteiger partial charge in [-0.2, -0.15) is 54.3 Å². The molecular formula is C43H58Cl2Zr-4. The molecule has 0 saturated heterocycles. The van der Waals surface area contributed by atoms with Crippen molar-refractivity contribution in [2.45, 2.75) is 118 Å². The molecule has 0 unspecified atom stereocenters. The number of allylic oxidation sites excluding steroid dienone is 4. The number of hydrogen-bond acceptors (Lipinski definition) is 0. The van der Waals surface area contributed by atoms with Crippen LogP contribution >= 0.6 is 24.8 Å². The summed E-state index contributed by atoms with van der Waals surface area (Å²) in [7, 11) is 0. The second-order valence-corrected chi connectivity index (χ2v) is 14.4. The van der Waals surface area contributed by atoms with Gasteiger partial charge in [-0.25, -0.2) is 12.2 Å². The van der Waals surface area contributed by atoms with Crippen molar-refractivity contribution in [3.63, 3.8) is 0 Å². The van der Waals surface area contributed by atoms with Gasteiger partial charge in [-0.15, -0.1) is 77.4 Å². The van der Waals surface area contributed by atoms with Gasteiger partial charge in [0.1, 0.15) is 0 Å². The van der Waals surface area contributed by atoms with Gasteiger partial charge in [-0.3, -0.25) is 6.08 Å². The van der Waals surface area contributed by atoms with Crippen molar-refractivity contribution in [3.8, 4) is 0 Å². The molecule has 0 nitrogen and oxygen atoms in total. The Labute approximate surface area is 310 Å². The van der Waals surface area contributed by atoms with Gasteiger partial charge in [0.05, 0.1) is 0 Å². The predicted octanol–water partition coefficient (Wildman–Crippen LogP) is 13.5.